The van der Waals surface area contributed by atoms with Crippen LogP contribution >= 0.6 is 7.60 Å². The third-order valence-electron chi connectivity index (χ3n) is 1.47. The monoisotopic (exact) mass is 234 g/mol. The zero-order valence-electron chi connectivity index (χ0n) is 10.6. The minimum Gasteiger partial charge on any atom is -0.306 e. The molecule has 0 aliphatic rings. The van der Waals surface area contributed by atoms with Crippen molar-refractivity contribution in [1.29, 1.82) is 0 Å². The molecule has 0 N–H and O–H groups in total. The van der Waals surface area contributed by atoms with Gasteiger partial charge in [0.2, 0.25) is 0 Å². The second-order valence-corrected chi connectivity index (χ2v) is 6.39. The molecule has 0 bridgehead atoms. The molecule has 0 aliphatic carbocycles. The van der Waals surface area contributed by atoms with Gasteiger partial charge in [-0.15, -0.1) is 0 Å². The Labute approximate surface area is 93.4 Å². The van der Waals surface area contributed by atoms with Crippen molar-refractivity contribution in [2.75, 3.05) is 6.16 Å². The molecule has 3 nitrogen and oxygen atoms in total. The van der Waals surface area contributed by atoms with Crippen LogP contribution in [0.25, 0.3) is 0 Å². The SMILES string of the molecule is CC(C)=CCP(=O)(OC(C)C)OC(C)C. The Morgan fingerprint density at radius 2 is 1.53 bits per heavy atom. The van der Waals surface area contributed by atoms with Crippen LogP contribution in [-0.2, 0) is 13.6 Å². The highest BCUT2D eigenvalue weighted by molar-refractivity contribution is 7.54. The van der Waals surface area contributed by atoms with Crippen molar-refractivity contribution in [2.24, 2.45) is 0 Å². The molecule has 0 saturated heterocycles. The minimum absolute atomic E-state index is 0.0832. The Hall–Kier alpha value is -0.110. The number of rotatable bonds is 6. The van der Waals surface area contributed by atoms with Crippen LogP contribution in [0.5, 0.6) is 0 Å². The molecule has 4 heteroatoms. The maximum absolute atomic E-state index is 12.2. The molecular formula is C11H23O3P. The Morgan fingerprint density at radius 1 is 1.13 bits per heavy atom. The van der Waals surface area contributed by atoms with Gasteiger partial charge < -0.3 is 9.05 Å². The van der Waals surface area contributed by atoms with Crippen molar-refractivity contribution in [3.8, 4) is 0 Å². The smallest absolute Gasteiger partial charge is 0.306 e. The summed E-state index contributed by atoms with van der Waals surface area (Å²) < 4.78 is 23.0. The molecule has 0 rings (SSSR count). The maximum atomic E-state index is 12.2. The van der Waals surface area contributed by atoms with Gasteiger partial charge in [0, 0.05) is 0 Å². The molecule has 0 aromatic rings. The van der Waals surface area contributed by atoms with E-state index in [1.807, 2.05) is 47.6 Å². The highest BCUT2D eigenvalue weighted by Gasteiger charge is 2.25. The van der Waals surface area contributed by atoms with Crippen molar-refractivity contribution in [2.45, 2.75) is 53.8 Å². The minimum atomic E-state index is -2.96. The van der Waals surface area contributed by atoms with Gasteiger partial charge in [-0.25, -0.2) is 0 Å². The number of hydrogen-bond donors (Lipinski definition) is 0. The van der Waals surface area contributed by atoms with Crippen LogP contribution in [0.1, 0.15) is 41.5 Å². The van der Waals surface area contributed by atoms with E-state index in [9.17, 15) is 4.57 Å². The lowest BCUT2D eigenvalue weighted by Gasteiger charge is -2.21. The summed E-state index contributed by atoms with van der Waals surface area (Å²) in [5.41, 5.74) is 1.12. The lowest BCUT2D eigenvalue weighted by atomic mass is 10.3. The zero-order chi connectivity index (χ0) is 12.1. The third kappa shape index (κ3) is 7.78. The Morgan fingerprint density at radius 3 is 1.80 bits per heavy atom. The van der Waals surface area contributed by atoms with Gasteiger partial charge in [-0.05, 0) is 41.5 Å². The predicted molar refractivity (Wildman–Crippen MR) is 64.3 cm³/mol. The Kier molecular flexibility index (Phi) is 6.42. The van der Waals surface area contributed by atoms with E-state index in [-0.39, 0.29) is 12.2 Å². The first-order valence-corrected chi connectivity index (χ1v) is 7.07. The van der Waals surface area contributed by atoms with E-state index in [0.717, 1.165) is 5.57 Å². The van der Waals surface area contributed by atoms with Gasteiger partial charge in [0.05, 0.1) is 18.4 Å². The summed E-state index contributed by atoms with van der Waals surface area (Å²) in [4.78, 5) is 0. The predicted octanol–water partition coefficient (Wildman–Crippen LogP) is 4.00. The zero-order valence-corrected chi connectivity index (χ0v) is 11.5. The van der Waals surface area contributed by atoms with Crippen molar-refractivity contribution in [3.63, 3.8) is 0 Å². The van der Waals surface area contributed by atoms with Crippen molar-refractivity contribution < 1.29 is 13.6 Å². The molecule has 0 unspecified atom stereocenters. The van der Waals surface area contributed by atoms with E-state index >= 15 is 0 Å². The van der Waals surface area contributed by atoms with Gasteiger partial charge in [-0.2, -0.15) is 0 Å². The quantitative estimate of drug-likeness (QED) is 0.514. The average molecular weight is 234 g/mol. The summed E-state index contributed by atoms with van der Waals surface area (Å²) in [6, 6.07) is 0. The Balaban J connectivity index is 4.55. The molecule has 0 aliphatic heterocycles. The van der Waals surface area contributed by atoms with Gasteiger partial charge in [-0.3, -0.25) is 4.57 Å². The number of allylic oxidation sites excluding steroid dienone is 2. The van der Waals surface area contributed by atoms with Crippen molar-refractivity contribution >= 4 is 7.60 Å². The lowest BCUT2D eigenvalue weighted by Crippen LogP contribution is -2.09. The van der Waals surface area contributed by atoms with Gasteiger partial charge in [0.15, 0.2) is 0 Å². The first kappa shape index (κ1) is 14.9. The number of hydrogen-bond acceptors (Lipinski definition) is 3. The summed E-state index contributed by atoms with van der Waals surface area (Å²) >= 11 is 0. The van der Waals surface area contributed by atoms with Gasteiger partial charge in [0.25, 0.3) is 0 Å². The molecule has 0 saturated carbocycles. The summed E-state index contributed by atoms with van der Waals surface area (Å²) in [5, 5.41) is 0. The van der Waals surface area contributed by atoms with E-state index in [4.69, 9.17) is 9.05 Å². The van der Waals surface area contributed by atoms with Crippen molar-refractivity contribution in [3.05, 3.63) is 11.6 Å². The molecule has 0 fully saturated rings. The average Bonchev–Trinajstić information content (AvgIpc) is 1.97. The molecule has 0 heterocycles. The maximum Gasteiger partial charge on any atom is 0.334 e. The first-order chi connectivity index (χ1) is 6.75. The van der Waals surface area contributed by atoms with Gasteiger partial charge in [0.1, 0.15) is 0 Å². The molecule has 0 aromatic carbocycles. The van der Waals surface area contributed by atoms with Crippen LogP contribution in [0, 0.1) is 0 Å². The summed E-state index contributed by atoms with van der Waals surface area (Å²) in [6.07, 6.45) is 2.08. The van der Waals surface area contributed by atoms with Crippen molar-refractivity contribution in [1.82, 2.24) is 0 Å². The van der Waals surface area contributed by atoms with E-state index in [2.05, 4.69) is 0 Å². The second kappa shape index (κ2) is 6.47. The van der Waals surface area contributed by atoms with Crippen LogP contribution in [0.2, 0.25) is 0 Å². The van der Waals surface area contributed by atoms with Gasteiger partial charge in [-0.1, -0.05) is 11.6 Å². The fourth-order valence-electron chi connectivity index (χ4n) is 1.05. The molecule has 0 radical (unpaired) electrons. The standard InChI is InChI=1S/C11H23O3P/c1-9(2)7-8-15(12,13-10(3)4)14-11(5)6/h7,10-11H,8H2,1-6H3. The molecule has 0 amide bonds. The van der Waals surface area contributed by atoms with Crippen LogP contribution in [0.15, 0.2) is 11.6 Å². The molecule has 15 heavy (non-hydrogen) atoms. The first-order valence-electron chi connectivity index (χ1n) is 5.34. The summed E-state index contributed by atoms with van der Waals surface area (Å²) in [7, 11) is -2.96. The van der Waals surface area contributed by atoms with Crippen LogP contribution in [-0.4, -0.2) is 18.4 Å². The molecule has 90 valence electrons. The molecule has 0 atom stereocenters. The third-order valence-corrected chi connectivity index (χ3v) is 3.58. The van der Waals surface area contributed by atoms with E-state index in [1.54, 1.807) is 0 Å². The molecular weight excluding hydrogens is 211 g/mol. The fourth-order valence-corrected chi connectivity index (χ4v) is 3.14. The summed E-state index contributed by atoms with van der Waals surface area (Å²) in [5.74, 6) is 0. The highest BCUT2D eigenvalue weighted by Crippen LogP contribution is 2.50. The second-order valence-electron chi connectivity index (χ2n) is 4.38. The fraction of sp³-hybridized carbons (Fsp3) is 0.818. The van der Waals surface area contributed by atoms with E-state index in [0.29, 0.717) is 6.16 Å². The normalized spacial score (nSPS) is 12.3. The highest BCUT2D eigenvalue weighted by atomic mass is 31.2. The largest absolute Gasteiger partial charge is 0.334 e. The van der Waals surface area contributed by atoms with Crippen LogP contribution in [0.4, 0.5) is 0 Å². The topological polar surface area (TPSA) is 35.5 Å². The summed E-state index contributed by atoms with van der Waals surface area (Å²) in [6.45, 7) is 11.4. The molecule has 0 spiro atoms. The van der Waals surface area contributed by atoms with Crippen LogP contribution in [0.3, 0.4) is 0 Å². The Bertz CT molecular complexity index is 239. The van der Waals surface area contributed by atoms with E-state index < -0.39 is 7.60 Å². The lowest BCUT2D eigenvalue weighted by molar-refractivity contribution is 0.144. The van der Waals surface area contributed by atoms with Crippen LogP contribution < -0.4 is 0 Å². The van der Waals surface area contributed by atoms with Gasteiger partial charge >= 0.3 is 7.60 Å². The molecule has 0 aromatic heterocycles. The van der Waals surface area contributed by atoms with E-state index in [1.165, 1.54) is 0 Å².